The minimum absolute atomic E-state index is 0.121. The van der Waals surface area contributed by atoms with Crippen LogP contribution in [0.1, 0.15) is 37.9 Å². The third-order valence-corrected chi connectivity index (χ3v) is 5.55. The van der Waals surface area contributed by atoms with Crippen molar-refractivity contribution in [3.8, 4) is 0 Å². The summed E-state index contributed by atoms with van der Waals surface area (Å²) < 4.78 is 8.03. The van der Waals surface area contributed by atoms with Gasteiger partial charge in [-0.15, -0.1) is 0 Å². The topological polar surface area (TPSA) is 43.3 Å². The van der Waals surface area contributed by atoms with Gasteiger partial charge in [0.2, 0.25) is 0 Å². The van der Waals surface area contributed by atoms with Gasteiger partial charge >= 0.3 is 5.97 Å². The second-order valence-electron chi connectivity index (χ2n) is 7.94. The maximum Gasteiger partial charge on any atom is 0.329 e. The first kappa shape index (κ1) is 18.6. The summed E-state index contributed by atoms with van der Waals surface area (Å²) in [7, 11) is 0. The lowest BCUT2D eigenvalue weighted by Gasteiger charge is -2.22. The number of aromatic nitrogens is 1. The molecule has 0 radical (unpaired) electrons. The van der Waals surface area contributed by atoms with Gasteiger partial charge in [0.25, 0.3) is 0 Å². The number of esters is 1. The highest BCUT2D eigenvalue weighted by molar-refractivity contribution is 5.95. The van der Waals surface area contributed by atoms with Crippen LogP contribution in [0.25, 0.3) is 10.9 Å². The molecule has 2 heterocycles. The van der Waals surface area contributed by atoms with Crippen LogP contribution in [-0.2, 0) is 29.1 Å². The number of benzene rings is 2. The standard InChI is InChI=1S/C24H28N2O2/c1-17(2)23(24(27)28-16-18-9-4-3-5-10-18)25-21-12-8-13-22-20(21)15-19-11-6-7-14-26(19)22/h3-5,8-10,12-13,15,17,23,25H,6-7,11,14,16H2,1-2H3. The van der Waals surface area contributed by atoms with E-state index in [9.17, 15) is 4.79 Å². The SMILES string of the molecule is CC(C)C(Nc1cccc2c1cc1n2CCCC1)C(=O)OCc1ccccc1. The van der Waals surface area contributed by atoms with Crippen LogP contribution in [-0.4, -0.2) is 16.6 Å². The lowest BCUT2D eigenvalue weighted by Crippen LogP contribution is -2.36. The van der Waals surface area contributed by atoms with Gasteiger partial charge in [0, 0.05) is 23.3 Å². The highest BCUT2D eigenvalue weighted by Gasteiger charge is 2.25. The minimum atomic E-state index is -0.383. The molecule has 2 aromatic carbocycles. The number of fused-ring (bicyclic) bond motifs is 3. The summed E-state index contributed by atoms with van der Waals surface area (Å²) >= 11 is 0. The summed E-state index contributed by atoms with van der Waals surface area (Å²) in [5.41, 5.74) is 4.65. The highest BCUT2D eigenvalue weighted by Crippen LogP contribution is 2.31. The largest absolute Gasteiger partial charge is 0.459 e. The van der Waals surface area contributed by atoms with Crippen molar-refractivity contribution in [2.24, 2.45) is 5.92 Å². The van der Waals surface area contributed by atoms with E-state index in [0.29, 0.717) is 6.61 Å². The fourth-order valence-electron chi connectivity index (χ4n) is 4.00. The van der Waals surface area contributed by atoms with Crippen LogP contribution < -0.4 is 5.32 Å². The zero-order chi connectivity index (χ0) is 19.5. The van der Waals surface area contributed by atoms with Crippen molar-refractivity contribution in [1.29, 1.82) is 0 Å². The average Bonchev–Trinajstić information content (AvgIpc) is 3.10. The number of anilines is 1. The number of carbonyl (C=O) groups excluding carboxylic acids is 1. The van der Waals surface area contributed by atoms with Gasteiger partial charge in [0.1, 0.15) is 12.6 Å². The molecular weight excluding hydrogens is 348 g/mol. The second kappa shape index (κ2) is 8.09. The molecule has 1 aliphatic heterocycles. The monoisotopic (exact) mass is 376 g/mol. The van der Waals surface area contributed by atoms with E-state index in [1.54, 1.807) is 0 Å². The van der Waals surface area contributed by atoms with Crippen molar-refractivity contribution < 1.29 is 9.53 Å². The van der Waals surface area contributed by atoms with Gasteiger partial charge in [-0.2, -0.15) is 0 Å². The Kier molecular flexibility index (Phi) is 5.38. The smallest absolute Gasteiger partial charge is 0.329 e. The maximum absolute atomic E-state index is 12.8. The van der Waals surface area contributed by atoms with E-state index in [0.717, 1.165) is 24.2 Å². The lowest BCUT2D eigenvalue weighted by molar-refractivity contribution is -0.146. The maximum atomic E-state index is 12.8. The predicted octanol–water partition coefficient (Wildman–Crippen LogP) is 5.16. The van der Waals surface area contributed by atoms with Gasteiger partial charge in [-0.3, -0.25) is 0 Å². The summed E-state index contributed by atoms with van der Waals surface area (Å²) in [5, 5.41) is 4.67. The van der Waals surface area contributed by atoms with E-state index in [4.69, 9.17) is 4.74 Å². The first-order chi connectivity index (χ1) is 13.6. The lowest BCUT2D eigenvalue weighted by atomic mass is 10.0. The van der Waals surface area contributed by atoms with E-state index in [1.165, 1.54) is 29.4 Å². The molecule has 4 nitrogen and oxygen atoms in total. The van der Waals surface area contributed by atoms with Crippen molar-refractivity contribution in [2.45, 2.75) is 52.3 Å². The van der Waals surface area contributed by atoms with Crippen LogP contribution in [0.4, 0.5) is 5.69 Å². The molecule has 1 aliphatic rings. The average molecular weight is 377 g/mol. The molecule has 0 fully saturated rings. The fraction of sp³-hybridized carbons (Fsp3) is 0.375. The Bertz CT molecular complexity index is 959. The fourth-order valence-corrected chi connectivity index (χ4v) is 4.00. The molecule has 28 heavy (non-hydrogen) atoms. The van der Waals surface area contributed by atoms with E-state index >= 15 is 0 Å². The normalized spacial score (nSPS) is 14.7. The van der Waals surface area contributed by atoms with E-state index in [-0.39, 0.29) is 17.9 Å². The predicted molar refractivity (Wildman–Crippen MR) is 113 cm³/mol. The second-order valence-corrected chi connectivity index (χ2v) is 7.94. The van der Waals surface area contributed by atoms with Crippen LogP contribution in [0.15, 0.2) is 54.6 Å². The quantitative estimate of drug-likeness (QED) is 0.605. The number of rotatable bonds is 6. The number of carbonyl (C=O) groups is 1. The zero-order valence-corrected chi connectivity index (χ0v) is 16.7. The molecule has 0 saturated carbocycles. The van der Waals surface area contributed by atoms with E-state index in [2.05, 4.69) is 34.1 Å². The van der Waals surface area contributed by atoms with Gasteiger partial charge in [-0.05, 0) is 48.9 Å². The molecule has 0 saturated heterocycles. The van der Waals surface area contributed by atoms with Crippen LogP contribution >= 0.6 is 0 Å². The summed E-state index contributed by atoms with van der Waals surface area (Å²) in [5.74, 6) is -0.0874. The Labute approximate surface area is 166 Å². The summed E-state index contributed by atoms with van der Waals surface area (Å²) in [4.78, 5) is 12.8. The van der Waals surface area contributed by atoms with Crippen LogP contribution in [0, 0.1) is 5.92 Å². The molecule has 0 amide bonds. The number of ether oxygens (including phenoxy) is 1. The third kappa shape index (κ3) is 3.77. The minimum Gasteiger partial charge on any atom is -0.459 e. The summed E-state index contributed by atoms with van der Waals surface area (Å²) in [6.07, 6.45) is 3.61. The molecule has 1 atom stereocenters. The van der Waals surface area contributed by atoms with Gasteiger partial charge in [0.05, 0.1) is 5.52 Å². The molecular formula is C24H28N2O2. The Morgan fingerprint density at radius 1 is 1.11 bits per heavy atom. The number of hydrogen-bond donors (Lipinski definition) is 1. The Morgan fingerprint density at radius 2 is 1.93 bits per heavy atom. The highest BCUT2D eigenvalue weighted by atomic mass is 16.5. The van der Waals surface area contributed by atoms with Crippen molar-refractivity contribution in [1.82, 2.24) is 4.57 Å². The zero-order valence-electron chi connectivity index (χ0n) is 16.7. The van der Waals surface area contributed by atoms with Gasteiger partial charge in [-0.1, -0.05) is 50.2 Å². The summed E-state index contributed by atoms with van der Waals surface area (Å²) in [6.45, 7) is 5.48. The molecule has 0 bridgehead atoms. The van der Waals surface area contributed by atoms with Crippen molar-refractivity contribution in [2.75, 3.05) is 5.32 Å². The van der Waals surface area contributed by atoms with Crippen molar-refractivity contribution >= 4 is 22.6 Å². The summed E-state index contributed by atoms with van der Waals surface area (Å²) in [6, 6.07) is 18.0. The van der Waals surface area contributed by atoms with Gasteiger partial charge in [-0.25, -0.2) is 4.79 Å². The molecule has 1 aromatic heterocycles. The number of aryl methyl sites for hydroxylation is 2. The molecule has 3 aromatic rings. The molecule has 1 N–H and O–H groups in total. The first-order valence-corrected chi connectivity index (χ1v) is 10.2. The van der Waals surface area contributed by atoms with E-state index in [1.807, 2.05) is 44.2 Å². The first-order valence-electron chi connectivity index (χ1n) is 10.2. The molecule has 146 valence electrons. The Hall–Kier alpha value is -2.75. The molecule has 1 unspecified atom stereocenters. The van der Waals surface area contributed by atoms with Crippen molar-refractivity contribution in [3.63, 3.8) is 0 Å². The Balaban J connectivity index is 1.55. The van der Waals surface area contributed by atoms with Crippen LogP contribution in [0.2, 0.25) is 0 Å². The Morgan fingerprint density at radius 3 is 2.71 bits per heavy atom. The van der Waals surface area contributed by atoms with Gasteiger partial charge < -0.3 is 14.6 Å². The van der Waals surface area contributed by atoms with Gasteiger partial charge in [0.15, 0.2) is 0 Å². The number of hydrogen-bond acceptors (Lipinski definition) is 3. The molecule has 4 rings (SSSR count). The van der Waals surface area contributed by atoms with Crippen LogP contribution in [0.5, 0.6) is 0 Å². The molecule has 0 spiro atoms. The number of nitrogens with zero attached hydrogens (tertiary/aromatic N) is 1. The number of nitrogens with one attached hydrogen (secondary N) is 1. The van der Waals surface area contributed by atoms with E-state index < -0.39 is 0 Å². The third-order valence-electron chi connectivity index (χ3n) is 5.55. The van der Waals surface area contributed by atoms with Crippen molar-refractivity contribution in [3.05, 3.63) is 65.9 Å². The van der Waals surface area contributed by atoms with Crippen LogP contribution in [0.3, 0.4) is 0 Å². The molecule has 4 heteroatoms. The molecule has 0 aliphatic carbocycles.